The van der Waals surface area contributed by atoms with E-state index in [9.17, 15) is 4.79 Å². The van der Waals surface area contributed by atoms with E-state index in [1.807, 2.05) is 99.6 Å². The normalized spacial score (nSPS) is 14.7. The third-order valence-corrected chi connectivity index (χ3v) is 7.25. The average Bonchev–Trinajstić information content (AvgIpc) is 3.30. The molecule has 9 heteroatoms. The van der Waals surface area contributed by atoms with Crippen LogP contribution >= 0.6 is 23.4 Å². The molecule has 1 amide bonds. The van der Waals surface area contributed by atoms with Crippen molar-refractivity contribution in [3.05, 3.63) is 106 Å². The van der Waals surface area contributed by atoms with E-state index in [0.29, 0.717) is 33.2 Å². The minimum Gasteiger partial charge on any atom is -0.491 e. The van der Waals surface area contributed by atoms with Crippen LogP contribution in [-0.2, 0) is 10.5 Å². The Morgan fingerprint density at radius 3 is 2.50 bits per heavy atom. The summed E-state index contributed by atoms with van der Waals surface area (Å²) in [4.78, 5) is 18.4. The molecule has 7 nitrogen and oxygen atoms in total. The summed E-state index contributed by atoms with van der Waals surface area (Å²) in [6.07, 6.45) is 0.0636. The zero-order chi connectivity index (χ0) is 26.6. The van der Waals surface area contributed by atoms with Gasteiger partial charge in [-0.2, -0.15) is 4.98 Å². The van der Waals surface area contributed by atoms with Crippen LogP contribution in [0.15, 0.2) is 95.3 Å². The van der Waals surface area contributed by atoms with E-state index in [4.69, 9.17) is 26.4 Å². The molecule has 0 saturated heterocycles. The van der Waals surface area contributed by atoms with Crippen LogP contribution in [0.2, 0.25) is 5.02 Å². The van der Waals surface area contributed by atoms with Crippen LogP contribution in [0.5, 0.6) is 5.75 Å². The van der Waals surface area contributed by atoms with Gasteiger partial charge in [0, 0.05) is 22.2 Å². The van der Waals surface area contributed by atoms with Crippen LogP contribution in [-0.4, -0.2) is 26.8 Å². The van der Waals surface area contributed by atoms with Crippen molar-refractivity contribution in [1.82, 2.24) is 14.8 Å². The molecule has 2 heterocycles. The van der Waals surface area contributed by atoms with Gasteiger partial charge in [0.25, 0.3) is 5.91 Å². The van der Waals surface area contributed by atoms with Crippen molar-refractivity contribution in [2.45, 2.75) is 43.8 Å². The topological polar surface area (TPSA) is 81.1 Å². The van der Waals surface area contributed by atoms with Crippen LogP contribution < -0.4 is 15.4 Å². The highest BCUT2D eigenvalue weighted by Gasteiger charge is 2.34. The van der Waals surface area contributed by atoms with Crippen molar-refractivity contribution < 1.29 is 9.53 Å². The number of amides is 1. The van der Waals surface area contributed by atoms with Gasteiger partial charge in [0.15, 0.2) is 0 Å². The quantitative estimate of drug-likeness (QED) is 0.233. The maximum Gasteiger partial charge on any atom is 0.255 e. The Morgan fingerprint density at radius 1 is 1.08 bits per heavy atom. The first kappa shape index (κ1) is 25.9. The molecule has 5 rings (SSSR count). The fourth-order valence-corrected chi connectivity index (χ4v) is 5.39. The first-order valence-corrected chi connectivity index (χ1v) is 13.7. The largest absolute Gasteiger partial charge is 0.491 e. The van der Waals surface area contributed by atoms with E-state index in [0.717, 1.165) is 22.6 Å². The fraction of sp³-hybridized carbons (Fsp3) is 0.207. The summed E-state index contributed by atoms with van der Waals surface area (Å²) in [6.45, 7) is 5.86. The number of carbonyl (C=O) groups is 1. The van der Waals surface area contributed by atoms with Crippen molar-refractivity contribution in [3.63, 3.8) is 0 Å². The third kappa shape index (κ3) is 5.71. The number of hydrogen-bond donors (Lipinski definition) is 2. The highest BCUT2D eigenvalue weighted by molar-refractivity contribution is 7.98. The second-order valence-corrected chi connectivity index (χ2v) is 10.5. The van der Waals surface area contributed by atoms with Crippen molar-refractivity contribution >= 4 is 40.9 Å². The van der Waals surface area contributed by atoms with Gasteiger partial charge in [-0.25, -0.2) is 4.68 Å². The second-order valence-electron chi connectivity index (χ2n) is 9.16. The standard InChI is InChI=1S/C29H28ClN5O2S/c1-18(2)37-23-15-13-20(14-16-23)26-25(27(36)32-22-10-5-4-6-11-22)19(3)31-28-33-29(34-35(26)28)38-17-21-9-7-8-12-24(21)30/h4-16,18,26H,17H2,1-3H3,(H,32,36)(H,31,33,34). The van der Waals surface area contributed by atoms with E-state index in [1.165, 1.54) is 11.8 Å². The summed E-state index contributed by atoms with van der Waals surface area (Å²) in [6, 6.07) is 24.4. The van der Waals surface area contributed by atoms with Crippen molar-refractivity contribution in [2.24, 2.45) is 0 Å². The summed E-state index contributed by atoms with van der Waals surface area (Å²) >= 11 is 7.84. The van der Waals surface area contributed by atoms with Gasteiger partial charge in [-0.05, 0) is 62.2 Å². The maximum absolute atomic E-state index is 13.6. The summed E-state index contributed by atoms with van der Waals surface area (Å²) in [5.41, 5.74) is 3.90. The van der Waals surface area contributed by atoms with Gasteiger partial charge in [0.05, 0.1) is 11.7 Å². The molecule has 0 radical (unpaired) electrons. The number of hydrogen-bond acceptors (Lipinski definition) is 6. The summed E-state index contributed by atoms with van der Waals surface area (Å²) in [5.74, 6) is 1.76. The number of rotatable bonds is 8. The molecule has 1 aliphatic rings. The van der Waals surface area contributed by atoms with Crippen LogP contribution in [0.3, 0.4) is 0 Å². The number of halogens is 1. The Morgan fingerprint density at radius 2 is 1.79 bits per heavy atom. The fourth-order valence-electron chi connectivity index (χ4n) is 4.27. The lowest BCUT2D eigenvalue weighted by Crippen LogP contribution is -2.31. The van der Waals surface area contributed by atoms with Crippen molar-refractivity contribution in [3.8, 4) is 5.75 Å². The molecule has 0 fully saturated rings. The Balaban J connectivity index is 1.49. The van der Waals surface area contributed by atoms with E-state index in [1.54, 1.807) is 4.68 Å². The molecule has 1 unspecified atom stereocenters. The second kappa shape index (κ2) is 11.3. The Labute approximate surface area is 231 Å². The van der Waals surface area contributed by atoms with E-state index in [2.05, 4.69) is 10.6 Å². The zero-order valence-electron chi connectivity index (χ0n) is 21.3. The van der Waals surface area contributed by atoms with Gasteiger partial charge in [-0.1, -0.05) is 71.9 Å². The first-order valence-electron chi connectivity index (χ1n) is 12.3. The molecule has 38 heavy (non-hydrogen) atoms. The lowest BCUT2D eigenvalue weighted by Gasteiger charge is -2.28. The molecule has 194 valence electrons. The maximum atomic E-state index is 13.6. The molecule has 0 bridgehead atoms. The molecule has 3 aromatic carbocycles. The molecular weight excluding hydrogens is 518 g/mol. The van der Waals surface area contributed by atoms with Crippen LogP contribution in [0.1, 0.15) is 37.9 Å². The number of ether oxygens (including phenoxy) is 1. The lowest BCUT2D eigenvalue weighted by molar-refractivity contribution is -0.113. The van der Waals surface area contributed by atoms with E-state index < -0.39 is 6.04 Å². The van der Waals surface area contributed by atoms with Gasteiger partial charge < -0.3 is 15.4 Å². The number of anilines is 2. The molecule has 2 N–H and O–H groups in total. The molecule has 4 aromatic rings. The minimum atomic E-state index is -0.481. The summed E-state index contributed by atoms with van der Waals surface area (Å²) < 4.78 is 7.61. The molecule has 1 aromatic heterocycles. The molecule has 0 aliphatic carbocycles. The minimum absolute atomic E-state index is 0.0636. The number of allylic oxidation sites excluding steroid dienone is 1. The predicted molar refractivity (Wildman–Crippen MR) is 153 cm³/mol. The Hall–Kier alpha value is -3.75. The third-order valence-electron chi connectivity index (χ3n) is 5.99. The van der Waals surface area contributed by atoms with E-state index >= 15 is 0 Å². The monoisotopic (exact) mass is 545 g/mol. The van der Waals surface area contributed by atoms with Crippen LogP contribution in [0.25, 0.3) is 0 Å². The number of aromatic nitrogens is 3. The first-order chi connectivity index (χ1) is 18.4. The van der Waals surface area contributed by atoms with Crippen LogP contribution in [0.4, 0.5) is 11.6 Å². The smallest absolute Gasteiger partial charge is 0.255 e. The summed E-state index contributed by atoms with van der Waals surface area (Å²) in [5, 5.41) is 12.4. The number of carbonyl (C=O) groups excluding carboxylic acids is 1. The summed E-state index contributed by atoms with van der Waals surface area (Å²) in [7, 11) is 0. The SMILES string of the molecule is CC1=C(C(=O)Nc2ccccc2)C(c2ccc(OC(C)C)cc2)n2nc(SCc3ccccc3Cl)nc2N1. The molecule has 1 aliphatic heterocycles. The molecular formula is C29H28ClN5O2S. The van der Waals surface area contributed by atoms with Gasteiger partial charge in [-0.15, -0.1) is 5.10 Å². The molecule has 1 atom stereocenters. The van der Waals surface area contributed by atoms with Crippen molar-refractivity contribution in [2.75, 3.05) is 10.6 Å². The lowest BCUT2D eigenvalue weighted by atomic mass is 9.95. The zero-order valence-corrected chi connectivity index (χ0v) is 22.9. The number of nitrogens with one attached hydrogen (secondary N) is 2. The Bertz CT molecular complexity index is 1470. The van der Waals surface area contributed by atoms with Gasteiger partial charge in [0.1, 0.15) is 11.8 Å². The van der Waals surface area contributed by atoms with Gasteiger partial charge in [0.2, 0.25) is 11.1 Å². The average molecular weight is 546 g/mol. The Kier molecular flexibility index (Phi) is 7.72. The highest BCUT2D eigenvalue weighted by atomic mass is 35.5. The highest BCUT2D eigenvalue weighted by Crippen LogP contribution is 2.38. The number of benzene rings is 3. The van der Waals surface area contributed by atoms with Gasteiger partial charge >= 0.3 is 0 Å². The number of thioether (sulfide) groups is 1. The van der Waals surface area contributed by atoms with Gasteiger partial charge in [-0.3, -0.25) is 4.79 Å². The number of fused-ring (bicyclic) bond motifs is 1. The number of para-hydroxylation sites is 1. The predicted octanol–water partition coefficient (Wildman–Crippen LogP) is 6.94. The van der Waals surface area contributed by atoms with Crippen LogP contribution in [0, 0.1) is 0 Å². The molecule has 0 spiro atoms. The van der Waals surface area contributed by atoms with E-state index in [-0.39, 0.29) is 12.0 Å². The number of nitrogens with zero attached hydrogens (tertiary/aromatic N) is 3. The van der Waals surface area contributed by atoms with Crippen molar-refractivity contribution in [1.29, 1.82) is 0 Å². The molecule has 0 saturated carbocycles.